The van der Waals surface area contributed by atoms with Gasteiger partial charge in [-0.3, -0.25) is 4.79 Å². The van der Waals surface area contributed by atoms with E-state index in [1.165, 1.54) is 0 Å². The van der Waals surface area contributed by atoms with Gasteiger partial charge in [0.2, 0.25) is 0 Å². The molecule has 0 unspecified atom stereocenters. The summed E-state index contributed by atoms with van der Waals surface area (Å²) >= 11 is 6.05. The number of ether oxygens (including phenoxy) is 1. The summed E-state index contributed by atoms with van der Waals surface area (Å²) in [5.41, 5.74) is 2.03. The van der Waals surface area contributed by atoms with Gasteiger partial charge in [0.05, 0.1) is 17.8 Å². The Balaban J connectivity index is 2.18. The zero-order valence-electron chi connectivity index (χ0n) is 11.2. The number of hydrogen-bond acceptors (Lipinski definition) is 3. The zero-order chi connectivity index (χ0) is 14.5. The first-order chi connectivity index (χ1) is 9.63. The van der Waals surface area contributed by atoms with Crippen molar-refractivity contribution in [1.29, 1.82) is 0 Å². The Hall–Kier alpha value is -2.20. The van der Waals surface area contributed by atoms with Crippen molar-refractivity contribution in [1.82, 2.24) is 0 Å². The second-order valence-corrected chi connectivity index (χ2v) is 4.53. The molecule has 0 aliphatic heterocycles. The van der Waals surface area contributed by atoms with E-state index in [2.05, 4.69) is 10.6 Å². The van der Waals surface area contributed by atoms with Gasteiger partial charge in [-0.15, -0.1) is 0 Å². The average Bonchev–Trinajstić information content (AvgIpc) is 2.49. The normalized spacial score (nSPS) is 9.95. The van der Waals surface area contributed by atoms with Gasteiger partial charge >= 0.3 is 0 Å². The van der Waals surface area contributed by atoms with E-state index < -0.39 is 0 Å². The first kappa shape index (κ1) is 14.2. The molecule has 0 spiro atoms. The molecule has 0 heterocycles. The Morgan fingerprint density at radius 2 is 1.85 bits per heavy atom. The van der Waals surface area contributed by atoms with Crippen LogP contribution in [0.1, 0.15) is 10.4 Å². The fourth-order valence-electron chi connectivity index (χ4n) is 1.71. The molecule has 0 saturated heterocycles. The van der Waals surface area contributed by atoms with Crippen LogP contribution in [0.15, 0.2) is 42.5 Å². The number of hydrogen-bond donors (Lipinski definition) is 2. The van der Waals surface area contributed by atoms with Gasteiger partial charge in [-0.25, -0.2) is 0 Å². The maximum Gasteiger partial charge on any atom is 0.255 e. The summed E-state index contributed by atoms with van der Waals surface area (Å²) in [6.07, 6.45) is 0. The van der Waals surface area contributed by atoms with E-state index >= 15 is 0 Å². The number of carbonyl (C=O) groups excluding carboxylic acids is 1. The third-order valence-electron chi connectivity index (χ3n) is 2.86. The van der Waals surface area contributed by atoms with Crippen molar-refractivity contribution in [3.05, 3.63) is 53.1 Å². The van der Waals surface area contributed by atoms with Crippen LogP contribution >= 0.6 is 11.6 Å². The number of nitrogens with one attached hydrogen (secondary N) is 2. The van der Waals surface area contributed by atoms with E-state index in [1.54, 1.807) is 37.4 Å². The van der Waals surface area contributed by atoms with Crippen LogP contribution in [0.2, 0.25) is 5.02 Å². The number of halogens is 1. The predicted octanol–water partition coefficient (Wildman–Crippen LogP) is 3.64. The molecule has 0 aliphatic carbocycles. The largest absolute Gasteiger partial charge is 0.497 e. The van der Waals surface area contributed by atoms with Crippen molar-refractivity contribution in [2.45, 2.75) is 0 Å². The second-order valence-electron chi connectivity index (χ2n) is 4.13. The number of methoxy groups -OCH3 is 1. The van der Waals surface area contributed by atoms with E-state index in [4.69, 9.17) is 16.3 Å². The Morgan fingerprint density at radius 3 is 2.45 bits per heavy atom. The standard InChI is InChI=1S/C15H15ClN2O2/c1-17-11-5-3-10(4-6-11)15(19)18-14-9-12(20-2)7-8-13(14)16/h3-9,17H,1-2H3,(H,18,19). The van der Waals surface area contributed by atoms with Crippen molar-refractivity contribution in [3.8, 4) is 5.75 Å². The fourth-order valence-corrected chi connectivity index (χ4v) is 1.87. The molecule has 2 rings (SSSR count). The SMILES string of the molecule is CNc1ccc(C(=O)Nc2cc(OC)ccc2Cl)cc1. The van der Waals surface area contributed by atoms with E-state index in [0.29, 0.717) is 22.0 Å². The molecule has 0 aliphatic rings. The first-order valence-electron chi connectivity index (χ1n) is 6.06. The molecule has 20 heavy (non-hydrogen) atoms. The van der Waals surface area contributed by atoms with Crippen LogP contribution in [-0.4, -0.2) is 20.1 Å². The number of amides is 1. The van der Waals surface area contributed by atoms with E-state index in [-0.39, 0.29) is 5.91 Å². The Morgan fingerprint density at radius 1 is 1.15 bits per heavy atom. The van der Waals surface area contributed by atoms with Crippen molar-refractivity contribution >= 4 is 28.9 Å². The molecule has 1 amide bonds. The highest BCUT2D eigenvalue weighted by Crippen LogP contribution is 2.27. The lowest BCUT2D eigenvalue weighted by Gasteiger charge is -2.09. The van der Waals surface area contributed by atoms with Gasteiger partial charge in [0.1, 0.15) is 5.75 Å². The molecular weight excluding hydrogens is 276 g/mol. The quantitative estimate of drug-likeness (QED) is 0.904. The summed E-state index contributed by atoms with van der Waals surface area (Å²) in [6.45, 7) is 0. The van der Waals surface area contributed by atoms with Gasteiger partial charge in [-0.1, -0.05) is 11.6 Å². The number of rotatable bonds is 4. The minimum Gasteiger partial charge on any atom is -0.497 e. The molecule has 5 heteroatoms. The Labute approximate surface area is 122 Å². The smallest absolute Gasteiger partial charge is 0.255 e. The third-order valence-corrected chi connectivity index (χ3v) is 3.19. The number of anilines is 2. The first-order valence-corrected chi connectivity index (χ1v) is 6.44. The lowest BCUT2D eigenvalue weighted by atomic mass is 10.2. The molecule has 0 saturated carbocycles. The highest BCUT2D eigenvalue weighted by molar-refractivity contribution is 6.34. The molecule has 0 aromatic heterocycles. The Kier molecular flexibility index (Phi) is 4.48. The van der Waals surface area contributed by atoms with Crippen LogP contribution in [0.5, 0.6) is 5.75 Å². The summed E-state index contributed by atoms with van der Waals surface area (Å²) in [7, 11) is 3.39. The van der Waals surface area contributed by atoms with Gasteiger partial charge in [0.15, 0.2) is 0 Å². The topological polar surface area (TPSA) is 50.4 Å². The number of benzene rings is 2. The summed E-state index contributed by atoms with van der Waals surface area (Å²) in [6, 6.07) is 12.3. The van der Waals surface area contributed by atoms with Gasteiger partial charge in [0, 0.05) is 24.4 Å². The number of carbonyl (C=O) groups is 1. The molecule has 0 fully saturated rings. The van der Waals surface area contributed by atoms with Crippen LogP contribution in [-0.2, 0) is 0 Å². The molecule has 0 atom stereocenters. The third kappa shape index (κ3) is 3.22. The highest BCUT2D eigenvalue weighted by atomic mass is 35.5. The predicted molar refractivity (Wildman–Crippen MR) is 81.9 cm³/mol. The van der Waals surface area contributed by atoms with Crippen LogP contribution < -0.4 is 15.4 Å². The molecule has 2 N–H and O–H groups in total. The summed E-state index contributed by atoms with van der Waals surface area (Å²) in [5.74, 6) is 0.415. The van der Waals surface area contributed by atoms with E-state index in [0.717, 1.165) is 5.69 Å². The second kappa shape index (κ2) is 6.30. The summed E-state index contributed by atoms with van der Waals surface area (Å²) in [5, 5.41) is 6.23. The van der Waals surface area contributed by atoms with Crippen LogP contribution in [0.25, 0.3) is 0 Å². The van der Waals surface area contributed by atoms with Gasteiger partial charge in [0.25, 0.3) is 5.91 Å². The van der Waals surface area contributed by atoms with Crippen molar-refractivity contribution < 1.29 is 9.53 Å². The van der Waals surface area contributed by atoms with Gasteiger partial charge < -0.3 is 15.4 Å². The fraction of sp³-hybridized carbons (Fsp3) is 0.133. The Bertz CT molecular complexity index is 612. The maximum absolute atomic E-state index is 12.1. The molecule has 0 radical (unpaired) electrons. The van der Waals surface area contributed by atoms with Crippen LogP contribution in [0.4, 0.5) is 11.4 Å². The molecule has 0 bridgehead atoms. The minimum atomic E-state index is -0.220. The van der Waals surface area contributed by atoms with Gasteiger partial charge in [-0.05, 0) is 36.4 Å². The van der Waals surface area contributed by atoms with E-state index in [1.807, 2.05) is 19.2 Å². The van der Waals surface area contributed by atoms with Crippen LogP contribution in [0, 0.1) is 0 Å². The lowest BCUT2D eigenvalue weighted by Crippen LogP contribution is -2.12. The molecule has 2 aromatic rings. The maximum atomic E-state index is 12.1. The van der Waals surface area contributed by atoms with Crippen molar-refractivity contribution in [2.75, 3.05) is 24.8 Å². The zero-order valence-corrected chi connectivity index (χ0v) is 12.0. The molecule has 104 valence electrons. The highest BCUT2D eigenvalue weighted by Gasteiger charge is 2.09. The van der Waals surface area contributed by atoms with E-state index in [9.17, 15) is 4.79 Å². The molecule has 4 nitrogen and oxygen atoms in total. The molecule has 2 aromatic carbocycles. The monoisotopic (exact) mass is 290 g/mol. The molecular formula is C15H15ClN2O2. The van der Waals surface area contributed by atoms with Crippen molar-refractivity contribution in [3.63, 3.8) is 0 Å². The van der Waals surface area contributed by atoms with Gasteiger partial charge in [-0.2, -0.15) is 0 Å². The summed E-state index contributed by atoms with van der Waals surface area (Å²) in [4.78, 5) is 12.1. The lowest BCUT2D eigenvalue weighted by molar-refractivity contribution is 0.102. The van der Waals surface area contributed by atoms with Crippen LogP contribution in [0.3, 0.4) is 0 Å². The van der Waals surface area contributed by atoms with Crippen molar-refractivity contribution in [2.24, 2.45) is 0 Å². The average molecular weight is 291 g/mol. The summed E-state index contributed by atoms with van der Waals surface area (Å²) < 4.78 is 5.11. The minimum absolute atomic E-state index is 0.220.